The van der Waals surface area contributed by atoms with Crippen molar-refractivity contribution >= 4 is 34.0 Å². The normalized spacial score (nSPS) is 18.7. The van der Waals surface area contributed by atoms with Crippen molar-refractivity contribution in [1.82, 2.24) is 24.8 Å². The lowest BCUT2D eigenvalue weighted by atomic mass is 9.99. The van der Waals surface area contributed by atoms with E-state index < -0.39 is 24.0 Å². The van der Waals surface area contributed by atoms with Crippen molar-refractivity contribution < 1.29 is 22.4 Å². The highest BCUT2D eigenvalue weighted by atomic mass is 19.4. The van der Waals surface area contributed by atoms with Gasteiger partial charge in [-0.15, -0.1) is 0 Å². The lowest BCUT2D eigenvalue weighted by Crippen LogP contribution is -2.46. The average molecular weight is 531 g/mol. The number of benzene rings is 1. The SMILES string of the molecule is C=C(c1nc(/C=C/CNC(=O)c2cn(C)c(C)n2)cc2c(N[C@@H]3CCN(C)C[C@@H]3F)cccc12)C(F)(F)F. The van der Waals surface area contributed by atoms with E-state index in [1.807, 2.05) is 11.9 Å². The summed E-state index contributed by atoms with van der Waals surface area (Å²) in [6.45, 7) is 6.12. The molecule has 4 rings (SSSR count). The molecule has 2 N–H and O–H groups in total. The molecule has 0 aliphatic carbocycles. The molecule has 11 heteroatoms. The second-order valence-corrected chi connectivity index (χ2v) is 9.49. The van der Waals surface area contributed by atoms with Crippen LogP contribution in [0.4, 0.5) is 23.2 Å². The number of imidazole rings is 1. The zero-order valence-corrected chi connectivity index (χ0v) is 21.4. The number of aryl methyl sites for hydroxylation is 2. The van der Waals surface area contributed by atoms with Gasteiger partial charge in [0.25, 0.3) is 5.91 Å². The van der Waals surface area contributed by atoms with Crippen molar-refractivity contribution in [3.05, 3.63) is 66.0 Å². The fraction of sp³-hybridized carbons (Fsp3) is 0.370. The van der Waals surface area contributed by atoms with Crippen LogP contribution in [0.1, 0.15) is 34.1 Å². The van der Waals surface area contributed by atoms with Gasteiger partial charge in [0.05, 0.1) is 23.0 Å². The van der Waals surface area contributed by atoms with Crippen LogP contribution in [-0.4, -0.2) is 70.4 Å². The lowest BCUT2D eigenvalue weighted by Gasteiger charge is -2.33. The summed E-state index contributed by atoms with van der Waals surface area (Å²) in [6, 6.07) is 6.06. The minimum atomic E-state index is -4.68. The van der Waals surface area contributed by atoms with Gasteiger partial charge in [0, 0.05) is 49.3 Å². The van der Waals surface area contributed by atoms with Crippen molar-refractivity contribution in [3.8, 4) is 0 Å². The van der Waals surface area contributed by atoms with Gasteiger partial charge in [-0.2, -0.15) is 13.2 Å². The van der Waals surface area contributed by atoms with Gasteiger partial charge in [-0.1, -0.05) is 24.8 Å². The summed E-state index contributed by atoms with van der Waals surface area (Å²) in [5.41, 5.74) is -0.341. The van der Waals surface area contributed by atoms with Crippen LogP contribution in [0.15, 0.2) is 43.1 Å². The van der Waals surface area contributed by atoms with E-state index in [-0.39, 0.29) is 41.5 Å². The molecule has 0 spiro atoms. The molecule has 1 fully saturated rings. The van der Waals surface area contributed by atoms with Gasteiger partial charge in [-0.3, -0.25) is 4.79 Å². The molecule has 202 valence electrons. The van der Waals surface area contributed by atoms with Crippen LogP contribution in [0, 0.1) is 6.92 Å². The first-order chi connectivity index (χ1) is 17.9. The number of hydrogen-bond donors (Lipinski definition) is 2. The molecule has 1 aliphatic heterocycles. The largest absolute Gasteiger partial charge is 0.417 e. The molecule has 3 aromatic rings. The highest BCUT2D eigenvalue weighted by Gasteiger charge is 2.35. The predicted molar refractivity (Wildman–Crippen MR) is 141 cm³/mol. The first kappa shape index (κ1) is 27.3. The smallest absolute Gasteiger partial charge is 0.379 e. The molecule has 1 amide bonds. The maximum atomic E-state index is 14.7. The number of fused-ring (bicyclic) bond motifs is 1. The Labute approximate surface area is 218 Å². The Morgan fingerprint density at radius 2 is 2.00 bits per heavy atom. The Hall–Kier alpha value is -3.73. The van der Waals surface area contributed by atoms with Gasteiger partial charge in [0.15, 0.2) is 0 Å². The number of alkyl halides is 4. The Morgan fingerprint density at radius 3 is 2.66 bits per heavy atom. The van der Waals surface area contributed by atoms with Gasteiger partial charge in [-0.25, -0.2) is 14.4 Å². The fourth-order valence-electron chi connectivity index (χ4n) is 4.38. The zero-order chi connectivity index (χ0) is 27.6. The molecule has 38 heavy (non-hydrogen) atoms. The van der Waals surface area contributed by atoms with E-state index in [1.165, 1.54) is 6.08 Å². The second-order valence-electron chi connectivity index (χ2n) is 9.49. The molecule has 0 radical (unpaired) electrons. The minimum Gasteiger partial charge on any atom is -0.379 e. The van der Waals surface area contributed by atoms with Crippen molar-refractivity contribution in [2.45, 2.75) is 31.7 Å². The summed E-state index contributed by atoms with van der Waals surface area (Å²) < 4.78 is 57.4. The number of allylic oxidation sites excluding steroid dienone is 1. The molecule has 1 aliphatic rings. The van der Waals surface area contributed by atoms with Crippen LogP contribution in [0.2, 0.25) is 0 Å². The van der Waals surface area contributed by atoms with E-state index in [0.717, 1.165) is 0 Å². The minimum absolute atomic E-state index is 0.114. The van der Waals surface area contributed by atoms with Crippen LogP contribution in [0.5, 0.6) is 0 Å². The summed E-state index contributed by atoms with van der Waals surface area (Å²) in [4.78, 5) is 22.6. The van der Waals surface area contributed by atoms with Crippen molar-refractivity contribution in [3.63, 3.8) is 0 Å². The number of carbonyl (C=O) groups excluding carboxylic acids is 1. The second kappa shape index (κ2) is 10.9. The number of hydrogen-bond acceptors (Lipinski definition) is 5. The molecule has 1 aromatic carbocycles. The molecule has 2 atom stereocenters. The number of rotatable bonds is 7. The Balaban J connectivity index is 1.63. The molecule has 3 heterocycles. The number of nitrogens with one attached hydrogen (secondary N) is 2. The van der Waals surface area contributed by atoms with Gasteiger partial charge >= 0.3 is 6.18 Å². The summed E-state index contributed by atoms with van der Waals surface area (Å²) >= 11 is 0. The Morgan fingerprint density at radius 1 is 1.24 bits per heavy atom. The van der Waals surface area contributed by atoms with Crippen molar-refractivity contribution in [1.29, 1.82) is 0 Å². The third-order valence-electron chi connectivity index (χ3n) is 6.62. The maximum absolute atomic E-state index is 14.7. The summed E-state index contributed by atoms with van der Waals surface area (Å²) in [5.74, 6) is 0.313. The van der Waals surface area contributed by atoms with Crippen molar-refractivity contribution in [2.75, 3.05) is 32.0 Å². The van der Waals surface area contributed by atoms with E-state index in [2.05, 4.69) is 27.2 Å². The van der Waals surface area contributed by atoms with Gasteiger partial charge in [-0.05, 0) is 38.6 Å². The van der Waals surface area contributed by atoms with Crippen LogP contribution in [0.25, 0.3) is 22.4 Å². The molecule has 7 nitrogen and oxygen atoms in total. The number of halogens is 4. The number of likely N-dealkylation sites (tertiary alicyclic amines) is 1. The molecule has 2 aromatic heterocycles. The quantitative estimate of drug-likeness (QED) is 0.432. The number of piperidine rings is 1. The summed E-state index contributed by atoms with van der Waals surface area (Å²) in [7, 11) is 3.63. The van der Waals surface area contributed by atoms with E-state index in [0.29, 0.717) is 29.9 Å². The lowest BCUT2D eigenvalue weighted by molar-refractivity contribution is -0.0688. The van der Waals surface area contributed by atoms with Crippen LogP contribution in [0.3, 0.4) is 0 Å². The van der Waals surface area contributed by atoms with E-state index in [4.69, 9.17) is 0 Å². The monoisotopic (exact) mass is 530 g/mol. The first-order valence-corrected chi connectivity index (χ1v) is 12.2. The van der Waals surface area contributed by atoms with E-state index in [9.17, 15) is 22.4 Å². The Bertz CT molecular complexity index is 1360. The standard InChI is InChI=1S/C27H30F4N6O/c1-16(27(29,30)31)25-19-8-5-9-22(35-23-10-12-36(3)14-21(23)28)20(19)13-18(34-25)7-6-11-32-26(38)24-15-37(4)17(2)33-24/h5-9,13,15,21,23,35H,1,10-12,14H2,2-4H3,(H,32,38)/b7-6+/t21-,23+/m0/s1. The number of anilines is 1. The topological polar surface area (TPSA) is 75.1 Å². The molecule has 0 unspecified atom stereocenters. The molecule has 0 bridgehead atoms. The summed E-state index contributed by atoms with van der Waals surface area (Å²) in [6.07, 6.45) is -0.522. The number of carbonyl (C=O) groups is 1. The number of pyridine rings is 1. The number of amides is 1. The third kappa shape index (κ3) is 6.04. The number of nitrogens with zero attached hydrogens (tertiary/aromatic N) is 4. The van der Waals surface area contributed by atoms with E-state index in [1.54, 1.807) is 55.1 Å². The number of aromatic nitrogens is 3. The first-order valence-electron chi connectivity index (χ1n) is 12.2. The average Bonchev–Trinajstić information content (AvgIpc) is 3.20. The van der Waals surface area contributed by atoms with Crippen molar-refractivity contribution in [2.24, 2.45) is 7.05 Å². The van der Waals surface area contributed by atoms with Gasteiger partial charge < -0.3 is 20.1 Å². The Kier molecular flexibility index (Phi) is 7.86. The van der Waals surface area contributed by atoms with Gasteiger partial charge in [0.1, 0.15) is 17.7 Å². The molecule has 1 saturated heterocycles. The zero-order valence-electron chi connectivity index (χ0n) is 21.4. The molecular formula is C27H30F4N6O. The molecular weight excluding hydrogens is 500 g/mol. The fourth-order valence-corrected chi connectivity index (χ4v) is 4.38. The molecule has 0 saturated carbocycles. The van der Waals surface area contributed by atoms with E-state index >= 15 is 0 Å². The predicted octanol–water partition coefficient (Wildman–Crippen LogP) is 4.75. The van der Waals surface area contributed by atoms with Gasteiger partial charge in [0.2, 0.25) is 0 Å². The third-order valence-corrected chi connectivity index (χ3v) is 6.62. The maximum Gasteiger partial charge on any atom is 0.417 e. The van der Waals surface area contributed by atoms with Crippen LogP contribution >= 0.6 is 0 Å². The highest BCUT2D eigenvalue weighted by molar-refractivity contribution is 6.01. The highest BCUT2D eigenvalue weighted by Crippen LogP contribution is 2.37. The summed E-state index contributed by atoms with van der Waals surface area (Å²) in [5, 5.41) is 6.63. The van der Waals surface area contributed by atoms with Crippen LogP contribution in [-0.2, 0) is 7.05 Å². The van der Waals surface area contributed by atoms with Crippen LogP contribution < -0.4 is 10.6 Å².